The van der Waals surface area contributed by atoms with Crippen molar-refractivity contribution in [2.75, 3.05) is 31.8 Å². The summed E-state index contributed by atoms with van der Waals surface area (Å²) in [5.41, 5.74) is 13.1. The summed E-state index contributed by atoms with van der Waals surface area (Å²) in [6.45, 7) is 0.455. The van der Waals surface area contributed by atoms with E-state index < -0.39 is 29.9 Å². The Balaban J connectivity index is 1.64. The molecule has 3 rings (SSSR count). The van der Waals surface area contributed by atoms with Crippen LogP contribution in [0.25, 0.3) is 0 Å². The predicted molar refractivity (Wildman–Crippen MR) is 157 cm³/mol. The summed E-state index contributed by atoms with van der Waals surface area (Å²) in [5.74, 6) is -1.26. The third-order valence-electron chi connectivity index (χ3n) is 6.22. The number of hydrogen-bond donors (Lipinski definition) is 5. The highest BCUT2D eigenvalue weighted by Gasteiger charge is 2.24. The van der Waals surface area contributed by atoms with Gasteiger partial charge in [0.2, 0.25) is 5.91 Å². The number of anilines is 2. The molecule has 0 heterocycles. The third-order valence-corrected chi connectivity index (χ3v) is 6.22. The zero-order valence-corrected chi connectivity index (χ0v) is 23.5. The van der Waals surface area contributed by atoms with E-state index in [-0.39, 0.29) is 29.9 Å². The molecule has 0 bridgehead atoms. The highest BCUT2D eigenvalue weighted by atomic mass is 16.5. The molecule has 0 radical (unpaired) electrons. The molecule has 222 valence electrons. The maximum atomic E-state index is 13.3. The van der Waals surface area contributed by atoms with Crippen molar-refractivity contribution in [3.63, 3.8) is 0 Å². The van der Waals surface area contributed by atoms with Gasteiger partial charge in [-0.1, -0.05) is 30.3 Å². The van der Waals surface area contributed by atoms with E-state index in [1.807, 2.05) is 30.3 Å². The van der Waals surface area contributed by atoms with Crippen molar-refractivity contribution in [2.24, 2.45) is 5.73 Å². The van der Waals surface area contributed by atoms with Gasteiger partial charge in [0.25, 0.3) is 11.8 Å². The Labute approximate surface area is 243 Å². The number of alkyl carbamates (subject to hydrolysis) is 1. The van der Waals surface area contributed by atoms with Gasteiger partial charge in [0.05, 0.1) is 25.3 Å². The first-order chi connectivity index (χ1) is 20.2. The molecule has 0 aliphatic carbocycles. The van der Waals surface area contributed by atoms with Crippen molar-refractivity contribution < 1.29 is 33.4 Å². The van der Waals surface area contributed by atoms with E-state index in [2.05, 4.69) is 16.0 Å². The van der Waals surface area contributed by atoms with Gasteiger partial charge in [-0.05, 0) is 61.2 Å². The molecule has 0 fully saturated rings. The van der Waals surface area contributed by atoms with Crippen LogP contribution in [-0.4, -0.2) is 50.6 Å². The van der Waals surface area contributed by atoms with Crippen LogP contribution in [-0.2, 0) is 16.1 Å². The Kier molecular flexibility index (Phi) is 11.5. The van der Waals surface area contributed by atoms with E-state index in [1.165, 1.54) is 32.4 Å². The fourth-order valence-electron chi connectivity index (χ4n) is 4.05. The average Bonchev–Trinajstić information content (AvgIpc) is 2.99. The van der Waals surface area contributed by atoms with E-state index in [0.29, 0.717) is 36.5 Å². The van der Waals surface area contributed by atoms with Gasteiger partial charge in [-0.25, -0.2) is 4.79 Å². The van der Waals surface area contributed by atoms with Gasteiger partial charge in [0, 0.05) is 17.9 Å². The van der Waals surface area contributed by atoms with Gasteiger partial charge in [-0.3, -0.25) is 14.4 Å². The Morgan fingerprint density at radius 2 is 1.55 bits per heavy atom. The molecular formula is C30H35N5O7. The van der Waals surface area contributed by atoms with Gasteiger partial charge in [-0.15, -0.1) is 0 Å². The Hall–Kier alpha value is -5.26. The van der Waals surface area contributed by atoms with E-state index in [4.69, 9.17) is 25.7 Å². The maximum absolute atomic E-state index is 13.3. The normalized spacial score (nSPS) is 11.1. The number of nitrogens with one attached hydrogen (secondary N) is 3. The summed E-state index contributed by atoms with van der Waals surface area (Å²) in [7, 11) is 2.82. The fraction of sp³-hybridized carbons (Fsp3) is 0.267. The van der Waals surface area contributed by atoms with E-state index in [1.54, 1.807) is 18.2 Å². The second-order valence-electron chi connectivity index (χ2n) is 9.24. The highest BCUT2D eigenvalue weighted by Crippen LogP contribution is 2.23. The molecule has 0 aromatic heterocycles. The Bertz CT molecular complexity index is 1400. The summed E-state index contributed by atoms with van der Waals surface area (Å²) in [6, 6.07) is 17.4. The number of benzene rings is 3. The summed E-state index contributed by atoms with van der Waals surface area (Å²) >= 11 is 0. The Morgan fingerprint density at radius 3 is 2.24 bits per heavy atom. The van der Waals surface area contributed by atoms with Gasteiger partial charge in [0.15, 0.2) is 0 Å². The smallest absolute Gasteiger partial charge is 0.407 e. The van der Waals surface area contributed by atoms with Crippen molar-refractivity contribution in [3.8, 4) is 11.5 Å². The summed E-state index contributed by atoms with van der Waals surface area (Å²) in [6.07, 6.45) is 0.665. The largest absolute Gasteiger partial charge is 0.496 e. The number of carbonyl (C=O) groups is 4. The van der Waals surface area contributed by atoms with Crippen LogP contribution < -0.4 is 36.9 Å². The molecule has 3 aromatic carbocycles. The van der Waals surface area contributed by atoms with Crippen LogP contribution in [0.3, 0.4) is 0 Å². The zero-order valence-electron chi connectivity index (χ0n) is 23.5. The predicted octanol–water partition coefficient (Wildman–Crippen LogP) is 3.22. The van der Waals surface area contributed by atoms with Crippen LogP contribution in [0, 0.1) is 0 Å². The summed E-state index contributed by atoms with van der Waals surface area (Å²) in [5, 5.41) is 8.13. The topological polar surface area (TPSA) is 184 Å². The van der Waals surface area contributed by atoms with Crippen LogP contribution in [0.5, 0.6) is 11.5 Å². The Morgan fingerprint density at radius 1 is 0.857 bits per heavy atom. The number of hydrogen-bond acceptors (Lipinski definition) is 8. The van der Waals surface area contributed by atoms with Crippen LogP contribution >= 0.6 is 0 Å². The summed E-state index contributed by atoms with van der Waals surface area (Å²) in [4.78, 5) is 50.3. The number of rotatable bonds is 14. The number of unbranched alkanes of at least 4 members (excludes halogenated alkanes) is 1. The first-order valence-corrected chi connectivity index (χ1v) is 13.2. The van der Waals surface area contributed by atoms with Crippen LogP contribution in [0.1, 0.15) is 45.5 Å². The van der Waals surface area contributed by atoms with Crippen LogP contribution in [0.4, 0.5) is 16.2 Å². The molecule has 0 unspecified atom stereocenters. The van der Waals surface area contributed by atoms with E-state index in [9.17, 15) is 19.2 Å². The van der Waals surface area contributed by atoms with Crippen molar-refractivity contribution in [2.45, 2.75) is 31.9 Å². The second-order valence-corrected chi connectivity index (χ2v) is 9.24. The van der Waals surface area contributed by atoms with Crippen LogP contribution in [0.2, 0.25) is 0 Å². The molecule has 42 heavy (non-hydrogen) atoms. The minimum absolute atomic E-state index is 0.0885. The van der Waals surface area contributed by atoms with Gasteiger partial charge >= 0.3 is 6.09 Å². The number of methoxy groups -OCH3 is 2. The number of nitrogens with two attached hydrogens (primary N) is 2. The quantitative estimate of drug-likeness (QED) is 0.143. The van der Waals surface area contributed by atoms with Crippen molar-refractivity contribution >= 4 is 35.2 Å². The number of amides is 4. The van der Waals surface area contributed by atoms with E-state index in [0.717, 1.165) is 5.56 Å². The van der Waals surface area contributed by atoms with Crippen molar-refractivity contribution in [3.05, 3.63) is 83.4 Å². The monoisotopic (exact) mass is 577 g/mol. The average molecular weight is 578 g/mol. The SMILES string of the molecule is COc1ccc(NC(=O)[C@H](CCCCNC(=O)OCc2ccccc2)NC(=O)c2cc(N)ccc2OC)cc1C(N)=O. The molecule has 7 N–H and O–H groups in total. The zero-order chi connectivity index (χ0) is 30.5. The minimum atomic E-state index is -0.979. The molecule has 0 saturated heterocycles. The van der Waals surface area contributed by atoms with Crippen molar-refractivity contribution in [1.82, 2.24) is 10.6 Å². The molecule has 0 aliphatic heterocycles. The maximum Gasteiger partial charge on any atom is 0.407 e. The molecule has 4 amide bonds. The molecule has 12 heteroatoms. The molecule has 3 aromatic rings. The lowest BCUT2D eigenvalue weighted by Crippen LogP contribution is -2.44. The lowest BCUT2D eigenvalue weighted by atomic mass is 10.1. The van der Waals surface area contributed by atoms with Crippen LogP contribution in [0.15, 0.2) is 66.7 Å². The van der Waals surface area contributed by atoms with Gasteiger partial charge in [0.1, 0.15) is 24.1 Å². The van der Waals surface area contributed by atoms with E-state index >= 15 is 0 Å². The first kappa shape index (κ1) is 31.3. The standard InChI is InChI=1S/C30H35N5O7/c1-40-25-14-12-21(17-22(25)27(32)36)34-29(38)24(35-28(37)23-16-20(31)11-13-26(23)41-2)10-6-7-15-33-30(39)42-18-19-8-4-3-5-9-19/h3-5,8-9,11-14,16-17,24H,6-7,10,15,18,31H2,1-2H3,(H2,32,36)(H,33,39)(H,34,38)(H,35,37)/t24-/m0/s1. The molecule has 0 aliphatic rings. The van der Waals surface area contributed by atoms with Gasteiger partial charge in [-0.2, -0.15) is 0 Å². The number of nitrogen functional groups attached to an aromatic ring is 1. The minimum Gasteiger partial charge on any atom is -0.496 e. The van der Waals surface area contributed by atoms with Crippen molar-refractivity contribution in [1.29, 1.82) is 0 Å². The molecule has 1 atom stereocenters. The highest BCUT2D eigenvalue weighted by molar-refractivity contribution is 6.03. The molecule has 0 saturated carbocycles. The fourth-order valence-corrected chi connectivity index (χ4v) is 4.05. The third kappa shape index (κ3) is 9.15. The number of primary amides is 1. The molecular weight excluding hydrogens is 542 g/mol. The lowest BCUT2D eigenvalue weighted by Gasteiger charge is -2.20. The number of carbonyl (C=O) groups excluding carboxylic acids is 4. The number of ether oxygens (including phenoxy) is 3. The second kappa shape index (κ2) is 15.5. The molecule has 0 spiro atoms. The first-order valence-electron chi connectivity index (χ1n) is 13.2. The molecule has 12 nitrogen and oxygen atoms in total. The summed E-state index contributed by atoms with van der Waals surface area (Å²) < 4.78 is 15.6. The van der Waals surface area contributed by atoms with Gasteiger partial charge < -0.3 is 41.6 Å². The lowest BCUT2D eigenvalue weighted by molar-refractivity contribution is -0.118.